The van der Waals surface area contributed by atoms with Gasteiger partial charge in [0.2, 0.25) is 11.9 Å². The summed E-state index contributed by atoms with van der Waals surface area (Å²) in [6.07, 6.45) is 10.4. The first-order valence-electron chi connectivity index (χ1n) is 12.8. The number of hydrogen-bond donors (Lipinski definition) is 2. The maximum absolute atomic E-state index is 11.8. The zero-order chi connectivity index (χ0) is 28.1. The van der Waals surface area contributed by atoms with Gasteiger partial charge in [-0.25, -0.2) is 19.9 Å². The second kappa shape index (κ2) is 12.2. The Balaban J connectivity index is 1.12. The molecule has 0 radical (unpaired) electrons. The van der Waals surface area contributed by atoms with Crippen molar-refractivity contribution in [2.45, 2.75) is 19.4 Å². The van der Waals surface area contributed by atoms with Gasteiger partial charge in [0.15, 0.2) is 0 Å². The van der Waals surface area contributed by atoms with Crippen molar-refractivity contribution in [3.05, 3.63) is 58.6 Å². The average molecular weight is 557 g/mol. The van der Waals surface area contributed by atoms with Gasteiger partial charge in [0.25, 0.3) is 11.1 Å². The highest BCUT2D eigenvalue weighted by Gasteiger charge is 2.26. The second-order valence-corrected chi connectivity index (χ2v) is 10.7. The molecule has 0 aromatic carbocycles. The van der Waals surface area contributed by atoms with Gasteiger partial charge in [0.1, 0.15) is 6.07 Å². The van der Waals surface area contributed by atoms with E-state index >= 15 is 0 Å². The Morgan fingerprint density at radius 1 is 1.18 bits per heavy atom. The van der Waals surface area contributed by atoms with Crippen LogP contribution in [0.2, 0.25) is 0 Å². The number of imide groups is 1. The number of carbonyl (C=O) groups is 2. The molecule has 2 amide bonds. The van der Waals surface area contributed by atoms with Gasteiger partial charge in [0.05, 0.1) is 21.9 Å². The van der Waals surface area contributed by atoms with Crippen molar-refractivity contribution in [2.75, 3.05) is 43.5 Å². The molecule has 12 nitrogen and oxygen atoms in total. The summed E-state index contributed by atoms with van der Waals surface area (Å²) < 4.78 is 0. The highest BCUT2D eigenvalue weighted by atomic mass is 32.2. The number of hydrogen-bond acceptors (Lipinski definition) is 12. The Kier molecular flexibility index (Phi) is 8.28. The Labute approximate surface area is 236 Å². The van der Waals surface area contributed by atoms with E-state index in [0.29, 0.717) is 51.8 Å². The van der Waals surface area contributed by atoms with Crippen molar-refractivity contribution >= 4 is 40.9 Å². The topological polar surface area (TPSA) is 153 Å². The van der Waals surface area contributed by atoms with Crippen molar-refractivity contribution in [2.24, 2.45) is 5.92 Å². The largest absolute Gasteiger partial charge is 0.347 e. The van der Waals surface area contributed by atoms with Crippen molar-refractivity contribution in [1.82, 2.24) is 35.6 Å². The SMILES string of the molecule is CN(C)c1ncc(-c2ncc(CNCC3CCN(c4nccc(C=C5SC(=O)NC5=O)n4)CC3)cc2C#N)cn1. The molecule has 0 aliphatic carbocycles. The van der Waals surface area contributed by atoms with E-state index in [9.17, 15) is 14.9 Å². The highest BCUT2D eigenvalue weighted by Crippen LogP contribution is 2.26. The van der Waals surface area contributed by atoms with Crippen LogP contribution in [0.4, 0.5) is 16.7 Å². The molecule has 0 unspecified atom stereocenters. The Bertz CT molecular complexity index is 1480. The highest BCUT2D eigenvalue weighted by molar-refractivity contribution is 8.18. The molecule has 2 aliphatic rings. The van der Waals surface area contributed by atoms with Crippen LogP contribution in [0.15, 0.2) is 41.8 Å². The summed E-state index contributed by atoms with van der Waals surface area (Å²) >= 11 is 0.873. The minimum absolute atomic E-state index is 0.332. The number of thioether (sulfide) groups is 1. The molecule has 0 spiro atoms. The van der Waals surface area contributed by atoms with Crippen molar-refractivity contribution in [1.29, 1.82) is 5.26 Å². The Morgan fingerprint density at radius 3 is 2.62 bits per heavy atom. The van der Waals surface area contributed by atoms with Crippen molar-refractivity contribution < 1.29 is 9.59 Å². The van der Waals surface area contributed by atoms with Gasteiger partial charge in [-0.1, -0.05) is 0 Å². The number of amides is 2. The number of nitriles is 1. The lowest BCUT2D eigenvalue weighted by molar-refractivity contribution is -0.115. The molecule has 0 atom stereocenters. The lowest BCUT2D eigenvalue weighted by Crippen LogP contribution is -2.38. The first kappa shape index (κ1) is 27.2. The number of nitrogens with one attached hydrogen (secondary N) is 2. The fourth-order valence-electron chi connectivity index (χ4n) is 4.50. The molecule has 3 aromatic rings. The fraction of sp³-hybridized carbons (Fsp3) is 0.333. The summed E-state index contributed by atoms with van der Waals surface area (Å²) in [6.45, 7) is 3.12. The number of aromatic nitrogens is 5. The summed E-state index contributed by atoms with van der Waals surface area (Å²) in [6, 6.07) is 5.83. The second-order valence-electron chi connectivity index (χ2n) is 9.71. The molecule has 13 heteroatoms. The van der Waals surface area contributed by atoms with Crippen LogP contribution in [0.3, 0.4) is 0 Å². The molecule has 0 bridgehead atoms. The molecule has 2 saturated heterocycles. The monoisotopic (exact) mass is 556 g/mol. The summed E-state index contributed by atoms with van der Waals surface area (Å²) in [5.41, 5.74) is 3.31. The summed E-state index contributed by atoms with van der Waals surface area (Å²) in [7, 11) is 3.74. The van der Waals surface area contributed by atoms with Gasteiger partial charge >= 0.3 is 0 Å². The van der Waals surface area contributed by atoms with Crippen molar-refractivity contribution in [3.63, 3.8) is 0 Å². The first-order chi connectivity index (χ1) is 19.4. The van der Waals surface area contributed by atoms with E-state index in [1.165, 1.54) is 0 Å². The third-order valence-corrected chi connectivity index (χ3v) is 7.43. The van der Waals surface area contributed by atoms with E-state index < -0.39 is 5.91 Å². The zero-order valence-electron chi connectivity index (χ0n) is 22.2. The number of rotatable bonds is 8. The quantitative estimate of drug-likeness (QED) is 0.392. The minimum atomic E-state index is -0.399. The van der Waals surface area contributed by atoms with Gasteiger partial charge < -0.3 is 15.1 Å². The molecule has 5 heterocycles. The molecular weight excluding hydrogens is 528 g/mol. The predicted molar refractivity (Wildman–Crippen MR) is 152 cm³/mol. The van der Waals surface area contributed by atoms with Crippen LogP contribution in [-0.4, -0.2) is 69.8 Å². The van der Waals surface area contributed by atoms with Gasteiger partial charge in [0, 0.05) is 64.1 Å². The summed E-state index contributed by atoms with van der Waals surface area (Å²) in [5, 5.41) is 15.1. The summed E-state index contributed by atoms with van der Waals surface area (Å²) in [5.74, 6) is 1.32. The number of pyridine rings is 1. The van der Waals surface area contributed by atoms with Gasteiger partial charge in [-0.15, -0.1) is 0 Å². The normalized spacial score (nSPS) is 16.7. The molecule has 204 valence electrons. The van der Waals surface area contributed by atoms with E-state index in [2.05, 4.69) is 46.5 Å². The third-order valence-electron chi connectivity index (χ3n) is 6.62. The van der Waals surface area contributed by atoms with Crippen LogP contribution < -0.4 is 20.4 Å². The molecule has 40 heavy (non-hydrogen) atoms. The molecule has 0 saturated carbocycles. The van der Waals surface area contributed by atoms with Gasteiger partial charge in [-0.05, 0) is 60.8 Å². The lowest BCUT2D eigenvalue weighted by Gasteiger charge is -2.32. The number of piperidine rings is 1. The molecule has 2 N–H and O–H groups in total. The minimum Gasteiger partial charge on any atom is -0.347 e. The standard InChI is InChI=1S/C27H28N10O2S/c1-36(2)25-32-15-20(16-33-25)23-19(11-28)9-18(14-31-23)13-29-12-17-4-7-37(8-5-17)26-30-6-3-21(34-26)10-22-24(38)35-27(39)40-22/h3,6,9-10,14-17,29H,4-5,7-8,12-13H2,1-2H3,(H,35,38,39). The van der Waals surface area contributed by atoms with Gasteiger partial charge in [-0.2, -0.15) is 5.26 Å². The average Bonchev–Trinajstić information content (AvgIpc) is 3.29. The van der Waals surface area contributed by atoms with Crippen LogP contribution in [-0.2, 0) is 11.3 Å². The van der Waals surface area contributed by atoms with E-state index in [1.54, 1.807) is 36.9 Å². The van der Waals surface area contributed by atoms with Crippen LogP contribution in [0.5, 0.6) is 0 Å². The molecule has 3 aromatic heterocycles. The Hall–Kier alpha value is -4.41. The predicted octanol–water partition coefficient (Wildman–Crippen LogP) is 2.60. The number of nitrogens with zero attached hydrogens (tertiary/aromatic N) is 8. The van der Waals surface area contributed by atoms with Crippen LogP contribution >= 0.6 is 11.8 Å². The lowest BCUT2D eigenvalue weighted by atomic mass is 9.97. The van der Waals surface area contributed by atoms with E-state index in [-0.39, 0.29) is 5.24 Å². The fourth-order valence-corrected chi connectivity index (χ4v) is 5.17. The van der Waals surface area contributed by atoms with Crippen LogP contribution in [0.25, 0.3) is 17.3 Å². The maximum atomic E-state index is 11.8. The van der Waals surface area contributed by atoms with E-state index in [0.717, 1.165) is 49.8 Å². The molecular formula is C27H28N10O2S. The van der Waals surface area contributed by atoms with E-state index in [4.69, 9.17) is 0 Å². The summed E-state index contributed by atoms with van der Waals surface area (Å²) in [4.78, 5) is 49.7. The molecule has 5 rings (SSSR count). The zero-order valence-corrected chi connectivity index (χ0v) is 23.0. The van der Waals surface area contributed by atoms with Crippen LogP contribution in [0.1, 0.15) is 29.7 Å². The van der Waals surface area contributed by atoms with Crippen LogP contribution in [0, 0.1) is 17.2 Å². The van der Waals surface area contributed by atoms with E-state index in [1.807, 2.05) is 25.1 Å². The third kappa shape index (κ3) is 6.41. The smallest absolute Gasteiger partial charge is 0.290 e. The van der Waals surface area contributed by atoms with Gasteiger partial charge in [-0.3, -0.25) is 19.9 Å². The molecule has 2 aliphatic heterocycles. The Morgan fingerprint density at radius 2 is 1.95 bits per heavy atom. The molecule has 2 fully saturated rings. The number of anilines is 2. The van der Waals surface area contributed by atoms with Crippen molar-refractivity contribution in [3.8, 4) is 17.3 Å². The number of carbonyl (C=O) groups excluding carboxylic acids is 2. The maximum Gasteiger partial charge on any atom is 0.290 e. The first-order valence-corrected chi connectivity index (χ1v) is 13.6.